The fourth-order valence-electron chi connectivity index (χ4n) is 4.46. The Labute approximate surface area is 181 Å². The highest BCUT2D eigenvalue weighted by Crippen LogP contribution is 2.24. The number of ketones is 2. The van der Waals surface area contributed by atoms with Crippen LogP contribution in [-0.2, 0) is 4.74 Å². The van der Waals surface area contributed by atoms with Gasteiger partial charge < -0.3 is 15.4 Å². The van der Waals surface area contributed by atoms with Crippen molar-refractivity contribution in [3.63, 3.8) is 0 Å². The molecule has 1 aliphatic carbocycles. The van der Waals surface area contributed by atoms with Crippen LogP contribution in [-0.4, -0.2) is 95.1 Å². The van der Waals surface area contributed by atoms with E-state index in [9.17, 15) is 14.8 Å². The number of piperazine rings is 1. The molecule has 3 heterocycles. The number of nitrogens with two attached hydrogens (primary N) is 1. The molecule has 0 spiro atoms. The molecule has 2 saturated heterocycles. The van der Waals surface area contributed by atoms with Crippen LogP contribution in [0, 0.1) is 0 Å². The number of pyridine rings is 1. The van der Waals surface area contributed by atoms with Crippen LogP contribution in [0.4, 0.5) is 0 Å². The van der Waals surface area contributed by atoms with Gasteiger partial charge in [-0.1, -0.05) is 0 Å². The van der Waals surface area contributed by atoms with Crippen LogP contribution in [0.15, 0.2) is 29.7 Å². The Morgan fingerprint density at radius 3 is 2.71 bits per heavy atom. The number of allylic oxidation sites excluding steroid dienone is 2. The number of nitrogens with zero attached hydrogens (tertiary/aromatic N) is 4. The highest BCUT2D eigenvalue weighted by Gasteiger charge is 2.35. The van der Waals surface area contributed by atoms with Gasteiger partial charge in [0.15, 0.2) is 0 Å². The molecule has 4 N–H and O–H groups in total. The van der Waals surface area contributed by atoms with Crippen LogP contribution in [0.25, 0.3) is 0 Å². The second-order valence-corrected chi connectivity index (χ2v) is 8.20. The summed E-state index contributed by atoms with van der Waals surface area (Å²) in [5.41, 5.74) is 7.99. The zero-order valence-electron chi connectivity index (χ0n) is 17.6. The molecule has 10 nitrogen and oxygen atoms in total. The predicted octanol–water partition coefficient (Wildman–Crippen LogP) is 0.0134. The number of fused-ring (bicyclic) bond motifs is 1. The summed E-state index contributed by atoms with van der Waals surface area (Å²) in [7, 11) is 0. The Hall–Kier alpha value is -2.37. The fraction of sp³-hybridized carbons (Fsp3) is 0.571. The number of carbonyl (C=O) groups is 2. The average molecular weight is 431 g/mol. The maximum atomic E-state index is 12.8. The van der Waals surface area contributed by atoms with Crippen molar-refractivity contribution in [1.29, 1.82) is 0 Å². The van der Waals surface area contributed by atoms with E-state index in [-0.39, 0.29) is 22.7 Å². The van der Waals surface area contributed by atoms with E-state index in [1.807, 2.05) is 5.59 Å². The Kier molecular flexibility index (Phi) is 6.93. The quantitative estimate of drug-likeness (QED) is 0.486. The van der Waals surface area contributed by atoms with E-state index >= 15 is 0 Å². The van der Waals surface area contributed by atoms with Gasteiger partial charge in [0.05, 0.1) is 11.7 Å². The lowest BCUT2D eigenvalue weighted by atomic mass is 9.94. The van der Waals surface area contributed by atoms with E-state index < -0.39 is 11.6 Å². The van der Waals surface area contributed by atoms with Gasteiger partial charge in [0, 0.05) is 52.1 Å². The molecule has 0 amide bonds. The Balaban J connectivity index is 1.29. The number of hydrogen-bond donors (Lipinski definition) is 3. The van der Waals surface area contributed by atoms with E-state index in [4.69, 9.17) is 10.5 Å². The minimum absolute atomic E-state index is 0.0549. The van der Waals surface area contributed by atoms with Gasteiger partial charge in [-0.2, -0.15) is 0 Å². The van der Waals surface area contributed by atoms with Crippen molar-refractivity contribution in [2.24, 2.45) is 5.73 Å². The molecular formula is C21H30N6O4. The van der Waals surface area contributed by atoms with Gasteiger partial charge >= 0.3 is 0 Å². The van der Waals surface area contributed by atoms with Gasteiger partial charge in [-0.05, 0) is 37.9 Å². The van der Waals surface area contributed by atoms with E-state index in [0.29, 0.717) is 19.1 Å². The molecule has 0 radical (unpaired) electrons. The molecule has 1 aromatic heterocycles. The minimum atomic E-state index is -0.475. The molecule has 0 saturated carbocycles. The van der Waals surface area contributed by atoms with Gasteiger partial charge in [-0.3, -0.25) is 29.7 Å². The number of rotatable bonds is 8. The number of nitrogens with one attached hydrogen (secondary N) is 1. The van der Waals surface area contributed by atoms with Crippen LogP contribution >= 0.6 is 0 Å². The first-order valence-corrected chi connectivity index (χ1v) is 10.9. The molecular weight excluding hydrogens is 400 g/mol. The van der Waals surface area contributed by atoms with Crippen molar-refractivity contribution in [1.82, 2.24) is 25.4 Å². The Morgan fingerprint density at radius 2 is 2.00 bits per heavy atom. The van der Waals surface area contributed by atoms with E-state index in [1.54, 1.807) is 6.07 Å². The van der Waals surface area contributed by atoms with Crippen molar-refractivity contribution < 1.29 is 19.5 Å². The molecule has 2 fully saturated rings. The number of carbonyl (C=O) groups excluding carboxylic acids is 2. The summed E-state index contributed by atoms with van der Waals surface area (Å²) in [6, 6.07) is 3.12. The van der Waals surface area contributed by atoms with Gasteiger partial charge in [-0.25, -0.2) is 0 Å². The van der Waals surface area contributed by atoms with Crippen LogP contribution in [0.2, 0.25) is 0 Å². The second-order valence-electron chi connectivity index (χ2n) is 8.20. The normalized spacial score (nSPS) is 22.8. The second kappa shape index (κ2) is 9.84. The van der Waals surface area contributed by atoms with Crippen molar-refractivity contribution >= 4 is 11.6 Å². The van der Waals surface area contributed by atoms with Crippen LogP contribution in [0.5, 0.6) is 0 Å². The third kappa shape index (κ3) is 4.78. The van der Waals surface area contributed by atoms with E-state index in [2.05, 4.69) is 14.8 Å². The Bertz CT molecular complexity index is 846. The molecule has 10 heteroatoms. The fourth-order valence-corrected chi connectivity index (χ4v) is 4.46. The molecule has 4 rings (SSSR count). The maximum absolute atomic E-state index is 12.8. The molecule has 0 aromatic carbocycles. The van der Waals surface area contributed by atoms with Crippen molar-refractivity contribution in [3.05, 3.63) is 41.0 Å². The van der Waals surface area contributed by atoms with Crippen molar-refractivity contribution in [3.8, 4) is 0 Å². The lowest BCUT2D eigenvalue weighted by Crippen LogP contribution is -2.49. The summed E-state index contributed by atoms with van der Waals surface area (Å²) in [6.45, 7) is 6.99. The number of ether oxygens (including phenoxy) is 1. The molecule has 168 valence electrons. The molecule has 3 aliphatic rings. The van der Waals surface area contributed by atoms with Crippen LogP contribution < -0.4 is 11.3 Å². The summed E-state index contributed by atoms with van der Waals surface area (Å²) in [5, 5.41) is 10.9. The lowest BCUT2D eigenvalue weighted by molar-refractivity contribution is 0.000236. The third-order valence-electron chi connectivity index (χ3n) is 6.18. The summed E-state index contributed by atoms with van der Waals surface area (Å²) < 4.78 is 5.73. The van der Waals surface area contributed by atoms with E-state index in [0.717, 1.165) is 58.7 Å². The standard InChI is InChI=1S/C21H30N6O4/c22-17-19(21(29)18-16(20(17)28)5-1-6-23-18)27(24-30)8-3-7-25-9-11-26(12-10-25)14-15-4-2-13-31-15/h1,5-6,15,24,30H,2-4,7-14,22H2. The average Bonchev–Trinajstić information content (AvgIpc) is 3.31. The summed E-state index contributed by atoms with van der Waals surface area (Å²) in [4.78, 5) is 34.2. The molecule has 2 aliphatic heterocycles. The Morgan fingerprint density at radius 1 is 1.23 bits per heavy atom. The molecule has 1 atom stereocenters. The number of aromatic nitrogens is 1. The highest BCUT2D eigenvalue weighted by molar-refractivity contribution is 6.25. The molecule has 1 aromatic rings. The third-order valence-corrected chi connectivity index (χ3v) is 6.18. The van der Waals surface area contributed by atoms with Gasteiger partial charge in [0.25, 0.3) is 0 Å². The summed E-state index contributed by atoms with van der Waals surface area (Å²) in [6.07, 6.45) is 4.84. The van der Waals surface area contributed by atoms with Crippen LogP contribution in [0.3, 0.4) is 0 Å². The largest absolute Gasteiger partial charge is 0.394 e. The lowest BCUT2D eigenvalue weighted by Gasteiger charge is -2.36. The molecule has 31 heavy (non-hydrogen) atoms. The van der Waals surface area contributed by atoms with Crippen molar-refractivity contribution in [2.75, 3.05) is 52.4 Å². The van der Waals surface area contributed by atoms with Crippen LogP contribution in [0.1, 0.15) is 40.1 Å². The van der Waals surface area contributed by atoms with Gasteiger partial charge in [-0.15, -0.1) is 5.59 Å². The smallest absolute Gasteiger partial charge is 0.231 e. The monoisotopic (exact) mass is 430 g/mol. The van der Waals surface area contributed by atoms with E-state index in [1.165, 1.54) is 17.3 Å². The zero-order chi connectivity index (χ0) is 21.8. The molecule has 0 bridgehead atoms. The highest BCUT2D eigenvalue weighted by atomic mass is 16.5. The predicted molar refractivity (Wildman–Crippen MR) is 112 cm³/mol. The summed E-state index contributed by atoms with van der Waals surface area (Å²) in [5.74, 6) is -0.933. The first kappa shape index (κ1) is 21.8. The molecule has 1 unspecified atom stereocenters. The minimum Gasteiger partial charge on any atom is -0.394 e. The van der Waals surface area contributed by atoms with Crippen molar-refractivity contribution in [2.45, 2.75) is 25.4 Å². The SMILES string of the molecule is NC1=C(N(CCCN2CCN(CC3CCCO3)CC2)NO)C(=O)c2ncccc2C1=O. The first-order chi connectivity index (χ1) is 15.1. The zero-order valence-corrected chi connectivity index (χ0v) is 17.6. The van der Waals surface area contributed by atoms with Gasteiger partial charge in [0.2, 0.25) is 11.6 Å². The topological polar surface area (TPSA) is 124 Å². The number of hydrazine groups is 1. The summed E-state index contributed by atoms with van der Waals surface area (Å²) >= 11 is 0. The van der Waals surface area contributed by atoms with Gasteiger partial charge in [0.1, 0.15) is 17.1 Å². The maximum Gasteiger partial charge on any atom is 0.231 e. The number of hydrogen-bond acceptors (Lipinski definition) is 10. The number of Topliss-reactive ketones (excluding diaryl/α,β-unsaturated/α-hetero) is 2. The first-order valence-electron chi connectivity index (χ1n) is 10.9.